The van der Waals surface area contributed by atoms with Gasteiger partial charge in [0.1, 0.15) is 5.69 Å². The number of hydrogen-bond acceptors (Lipinski definition) is 4. The lowest BCUT2D eigenvalue weighted by Gasteiger charge is -2.14. The summed E-state index contributed by atoms with van der Waals surface area (Å²) in [5.74, 6) is 1.25. The maximum atomic E-state index is 12.0. The number of rotatable bonds is 7. The molecule has 0 radical (unpaired) electrons. The van der Waals surface area contributed by atoms with Gasteiger partial charge in [-0.25, -0.2) is 0 Å². The van der Waals surface area contributed by atoms with Gasteiger partial charge in [-0.3, -0.25) is 9.78 Å². The minimum absolute atomic E-state index is 0.0707. The highest BCUT2D eigenvalue weighted by Gasteiger charge is 2.08. The van der Waals surface area contributed by atoms with Gasteiger partial charge >= 0.3 is 0 Å². The van der Waals surface area contributed by atoms with Crippen molar-refractivity contribution in [1.82, 2.24) is 4.98 Å². The largest absolute Gasteiger partial charge is 0.490 e. The van der Waals surface area contributed by atoms with Crippen LogP contribution in [0.15, 0.2) is 48.7 Å². The number of ether oxygens (including phenoxy) is 2. The number of nitrogens with zero attached hydrogens (tertiary/aromatic N) is 1. The van der Waals surface area contributed by atoms with E-state index < -0.39 is 0 Å². The van der Waals surface area contributed by atoms with E-state index >= 15 is 0 Å². The number of pyridine rings is 1. The van der Waals surface area contributed by atoms with Crippen molar-refractivity contribution >= 4 is 11.9 Å². The van der Waals surface area contributed by atoms with Crippen LogP contribution in [0, 0.1) is 0 Å². The van der Waals surface area contributed by atoms with E-state index in [2.05, 4.69) is 4.98 Å². The van der Waals surface area contributed by atoms with Gasteiger partial charge in [-0.15, -0.1) is 0 Å². The molecule has 2 aromatic rings. The van der Waals surface area contributed by atoms with Gasteiger partial charge in [-0.2, -0.15) is 0 Å². The molecule has 0 N–H and O–H groups in total. The van der Waals surface area contributed by atoms with Crippen molar-refractivity contribution in [3.8, 4) is 11.5 Å². The van der Waals surface area contributed by atoms with E-state index in [0.717, 1.165) is 5.56 Å². The van der Waals surface area contributed by atoms with E-state index in [0.29, 0.717) is 23.8 Å². The number of aromatic nitrogens is 1. The summed E-state index contributed by atoms with van der Waals surface area (Å²) in [6, 6.07) is 10.9. The summed E-state index contributed by atoms with van der Waals surface area (Å²) in [6.45, 7) is 6.41. The molecule has 0 fully saturated rings. The second kappa shape index (κ2) is 8.13. The number of carbonyl (C=O) groups excluding carboxylic acids is 1. The van der Waals surface area contributed by atoms with Crippen LogP contribution in [0.3, 0.4) is 0 Å². The lowest BCUT2D eigenvalue weighted by molar-refractivity contribution is 0.104. The Labute approximate surface area is 136 Å². The van der Waals surface area contributed by atoms with Crippen molar-refractivity contribution in [1.29, 1.82) is 0 Å². The summed E-state index contributed by atoms with van der Waals surface area (Å²) in [5.41, 5.74) is 1.29. The molecule has 1 aromatic heterocycles. The normalized spacial score (nSPS) is 11.0. The predicted molar refractivity (Wildman–Crippen MR) is 91.0 cm³/mol. The summed E-state index contributed by atoms with van der Waals surface area (Å²) in [5, 5.41) is 0. The SMILES string of the molecule is CCOc1cc(/C=C/C(=O)c2ccccn2)ccc1OC(C)C. The average molecular weight is 311 g/mol. The Morgan fingerprint density at radius 2 is 2.04 bits per heavy atom. The monoisotopic (exact) mass is 311 g/mol. The van der Waals surface area contributed by atoms with Crippen LogP contribution < -0.4 is 9.47 Å². The fourth-order valence-corrected chi connectivity index (χ4v) is 2.01. The molecule has 0 saturated heterocycles. The standard InChI is InChI=1S/C19H21NO3/c1-4-22-19-13-15(9-11-18(19)23-14(2)3)8-10-17(21)16-7-5-6-12-20-16/h5-14H,4H2,1-3H3/b10-8+. The van der Waals surface area contributed by atoms with E-state index in [-0.39, 0.29) is 11.9 Å². The smallest absolute Gasteiger partial charge is 0.204 e. The zero-order valence-electron chi connectivity index (χ0n) is 13.7. The van der Waals surface area contributed by atoms with E-state index in [9.17, 15) is 4.79 Å². The first-order valence-electron chi connectivity index (χ1n) is 7.67. The zero-order chi connectivity index (χ0) is 16.7. The van der Waals surface area contributed by atoms with Crippen molar-refractivity contribution < 1.29 is 14.3 Å². The van der Waals surface area contributed by atoms with Crippen LogP contribution in [0.5, 0.6) is 11.5 Å². The number of benzene rings is 1. The van der Waals surface area contributed by atoms with Gasteiger partial charge in [0.2, 0.25) is 5.78 Å². The molecule has 0 bridgehead atoms. The maximum absolute atomic E-state index is 12.0. The van der Waals surface area contributed by atoms with Crippen molar-refractivity contribution in [3.05, 3.63) is 59.9 Å². The van der Waals surface area contributed by atoms with Gasteiger partial charge in [0.15, 0.2) is 11.5 Å². The molecule has 0 aliphatic carbocycles. The average Bonchev–Trinajstić information content (AvgIpc) is 2.55. The summed E-state index contributed by atoms with van der Waals surface area (Å²) in [4.78, 5) is 16.1. The number of hydrogen-bond donors (Lipinski definition) is 0. The molecule has 0 aliphatic heterocycles. The van der Waals surface area contributed by atoms with Crippen LogP contribution in [0.1, 0.15) is 36.8 Å². The third kappa shape index (κ3) is 4.95. The maximum Gasteiger partial charge on any atom is 0.204 e. The van der Waals surface area contributed by atoms with Gasteiger partial charge in [-0.05, 0) is 56.7 Å². The van der Waals surface area contributed by atoms with E-state index in [1.165, 1.54) is 6.08 Å². The van der Waals surface area contributed by atoms with Crippen LogP contribution in [-0.4, -0.2) is 23.5 Å². The molecule has 2 rings (SSSR count). The van der Waals surface area contributed by atoms with Crippen molar-refractivity contribution in [2.75, 3.05) is 6.61 Å². The summed E-state index contributed by atoms with van der Waals surface area (Å²) in [6.07, 6.45) is 4.93. The van der Waals surface area contributed by atoms with E-state index in [1.807, 2.05) is 39.0 Å². The molecule has 0 saturated carbocycles. The van der Waals surface area contributed by atoms with Crippen LogP contribution in [0.4, 0.5) is 0 Å². The van der Waals surface area contributed by atoms with E-state index in [1.54, 1.807) is 30.5 Å². The lowest BCUT2D eigenvalue weighted by Crippen LogP contribution is -2.07. The topological polar surface area (TPSA) is 48.4 Å². The Balaban J connectivity index is 2.18. The molecule has 4 heteroatoms. The molecule has 0 atom stereocenters. The summed E-state index contributed by atoms with van der Waals surface area (Å²) < 4.78 is 11.3. The fourth-order valence-electron chi connectivity index (χ4n) is 2.01. The zero-order valence-corrected chi connectivity index (χ0v) is 13.7. The van der Waals surface area contributed by atoms with Crippen LogP contribution in [0.2, 0.25) is 0 Å². The summed E-state index contributed by atoms with van der Waals surface area (Å²) >= 11 is 0. The Bertz CT molecular complexity index is 678. The second-order valence-electron chi connectivity index (χ2n) is 5.22. The van der Waals surface area contributed by atoms with Crippen molar-refractivity contribution in [2.24, 2.45) is 0 Å². The highest BCUT2D eigenvalue weighted by atomic mass is 16.5. The summed E-state index contributed by atoms with van der Waals surface area (Å²) in [7, 11) is 0. The van der Waals surface area contributed by atoms with Gasteiger partial charge in [0.25, 0.3) is 0 Å². The Hall–Kier alpha value is -2.62. The molecule has 4 nitrogen and oxygen atoms in total. The molecule has 23 heavy (non-hydrogen) atoms. The van der Waals surface area contributed by atoms with Crippen LogP contribution in [0.25, 0.3) is 6.08 Å². The van der Waals surface area contributed by atoms with Crippen LogP contribution in [-0.2, 0) is 0 Å². The third-order valence-corrected chi connectivity index (χ3v) is 2.97. The van der Waals surface area contributed by atoms with Crippen molar-refractivity contribution in [2.45, 2.75) is 26.9 Å². The lowest BCUT2D eigenvalue weighted by atomic mass is 10.1. The number of ketones is 1. The quantitative estimate of drug-likeness (QED) is 0.569. The van der Waals surface area contributed by atoms with Crippen LogP contribution >= 0.6 is 0 Å². The Kier molecular flexibility index (Phi) is 5.92. The molecule has 0 amide bonds. The number of carbonyl (C=O) groups is 1. The Morgan fingerprint density at radius 3 is 2.70 bits per heavy atom. The van der Waals surface area contributed by atoms with Crippen molar-refractivity contribution in [3.63, 3.8) is 0 Å². The molecular formula is C19H21NO3. The van der Waals surface area contributed by atoms with Gasteiger partial charge in [-0.1, -0.05) is 18.2 Å². The van der Waals surface area contributed by atoms with E-state index in [4.69, 9.17) is 9.47 Å². The molecule has 1 heterocycles. The third-order valence-electron chi connectivity index (χ3n) is 2.97. The first kappa shape index (κ1) is 16.7. The first-order chi connectivity index (χ1) is 11.1. The highest BCUT2D eigenvalue weighted by molar-refractivity contribution is 6.05. The van der Waals surface area contributed by atoms with Gasteiger partial charge in [0, 0.05) is 6.20 Å². The minimum atomic E-state index is -0.133. The first-order valence-corrected chi connectivity index (χ1v) is 7.67. The van der Waals surface area contributed by atoms with Gasteiger partial charge in [0.05, 0.1) is 12.7 Å². The number of allylic oxidation sites excluding steroid dienone is 1. The predicted octanol–water partition coefficient (Wildman–Crippen LogP) is 4.16. The fraction of sp³-hybridized carbons (Fsp3) is 0.263. The van der Waals surface area contributed by atoms with Gasteiger partial charge < -0.3 is 9.47 Å². The Morgan fingerprint density at radius 1 is 1.22 bits per heavy atom. The second-order valence-corrected chi connectivity index (χ2v) is 5.22. The highest BCUT2D eigenvalue weighted by Crippen LogP contribution is 2.29. The molecule has 0 spiro atoms. The molecular weight excluding hydrogens is 290 g/mol. The minimum Gasteiger partial charge on any atom is -0.490 e. The molecule has 1 aromatic carbocycles. The molecule has 0 unspecified atom stereocenters. The molecule has 0 aliphatic rings. The molecule has 120 valence electrons.